The van der Waals surface area contributed by atoms with Crippen molar-refractivity contribution in [2.75, 3.05) is 10.6 Å². The summed E-state index contributed by atoms with van der Waals surface area (Å²) < 4.78 is 18.1. The number of halogens is 2. The largest absolute Gasteiger partial charge is 0.351 e. The van der Waals surface area contributed by atoms with Gasteiger partial charge in [-0.15, -0.1) is 0 Å². The number of benzene rings is 2. The van der Waals surface area contributed by atoms with Gasteiger partial charge in [-0.05, 0) is 43.3 Å². The molecule has 2 aromatic carbocycles. The lowest BCUT2D eigenvalue weighted by molar-refractivity contribution is 0.0985. The Morgan fingerprint density at radius 3 is 2.46 bits per heavy atom. The third kappa shape index (κ3) is 4.07. The molecule has 0 bridgehead atoms. The third-order valence-electron chi connectivity index (χ3n) is 3.41. The fraction of sp³-hybridized carbons (Fsp3) is 0.0556. The number of aryl methyl sites for hydroxylation is 1. The molecule has 6 nitrogen and oxygen atoms in total. The first-order chi connectivity index (χ1) is 12.4. The van der Waals surface area contributed by atoms with Crippen LogP contribution in [0.5, 0.6) is 0 Å². The Morgan fingerprint density at radius 1 is 1.04 bits per heavy atom. The van der Waals surface area contributed by atoms with Crippen molar-refractivity contribution in [2.24, 2.45) is 0 Å². The Hall–Kier alpha value is -3.19. The quantitative estimate of drug-likeness (QED) is 0.714. The van der Waals surface area contributed by atoms with Crippen molar-refractivity contribution in [3.05, 3.63) is 76.4 Å². The summed E-state index contributed by atoms with van der Waals surface area (Å²) in [6.07, 6.45) is 0. The van der Waals surface area contributed by atoms with Crippen LogP contribution in [0.3, 0.4) is 0 Å². The van der Waals surface area contributed by atoms with Crippen LogP contribution in [-0.4, -0.2) is 17.0 Å². The minimum absolute atomic E-state index is 0.0679. The number of carbonyl (C=O) groups is 2. The second-order valence-electron chi connectivity index (χ2n) is 5.45. The van der Waals surface area contributed by atoms with Crippen LogP contribution in [0.4, 0.5) is 15.8 Å². The number of aromatic nitrogens is 1. The molecular weight excluding hydrogens is 361 g/mol. The Morgan fingerprint density at radius 2 is 1.77 bits per heavy atom. The highest BCUT2D eigenvalue weighted by Crippen LogP contribution is 2.20. The Kier molecular flexibility index (Phi) is 4.99. The molecule has 0 atom stereocenters. The summed E-state index contributed by atoms with van der Waals surface area (Å²) in [5.41, 5.74) is 1.65. The summed E-state index contributed by atoms with van der Waals surface area (Å²) in [5, 5.41) is 8.79. The van der Waals surface area contributed by atoms with Crippen molar-refractivity contribution in [1.82, 2.24) is 5.16 Å². The molecule has 2 amide bonds. The second kappa shape index (κ2) is 7.37. The first kappa shape index (κ1) is 17.6. The molecular formula is C18H13ClFN3O3. The molecule has 2 N–H and O–H groups in total. The second-order valence-corrected chi connectivity index (χ2v) is 5.86. The molecule has 0 unspecified atom stereocenters. The first-order valence-corrected chi connectivity index (χ1v) is 7.91. The van der Waals surface area contributed by atoms with Gasteiger partial charge in [0.05, 0.1) is 10.7 Å². The van der Waals surface area contributed by atoms with Crippen LogP contribution in [0.15, 0.2) is 53.1 Å². The van der Waals surface area contributed by atoms with Gasteiger partial charge in [0.15, 0.2) is 0 Å². The number of hydrogen-bond acceptors (Lipinski definition) is 4. The number of carbonyl (C=O) groups excluding carboxylic acids is 2. The predicted molar refractivity (Wildman–Crippen MR) is 95.0 cm³/mol. The van der Waals surface area contributed by atoms with Crippen molar-refractivity contribution < 1.29 is 18.5 Å². The zero-order valence-corrected chi connectivity index (χ0v) is 14.3. The van der Waals surface area contributed by atoms with E-state index < -0.39 is 17.6 Å². The van der Waals surface area contributed by atoms with Crippen molar-refractivity contribution in [3.63, 3.8) is 0 Å². The van der Waals surface area contributed by atoms with Crippen LogP contribution in [-0.2, 0) is 0 Å². The van der Waals surface area contributed by atoms with Gasteiger partial charge in [0.1, 0.15) is 5.82 Å². The SMILES string of the molecule is Cc1cc(C(=O)Nc2cccc(C(=O)Nc3ccc(F)c(Cl)c3)c2)on1. The fourth-order valence-corrected chi connectivity index (χ4v) is 2.36. The highest BCUT2D eigenvalue weighted by atomic mass is 35.5. The van der Waals surface area contributed by atoms with Crippen molar-refractivity contribution >= 4 is 34.8 Å². The number of rotatable bonds is 4. The van der Waals surface area contributed by atoms with Crippen molar-refractivity contribution in [2.45, 2.75) is 6.92 Å². The zero-order valence-electron chi connectivity index (χ0n) is 13.5. The monoisotopic (exact) mass is 373 g/mol. The molecule has 1 heterocycles. The van der Waals surface area contributed by atoms with Crippen molar-refractivity contribution in [3.8, 4) is 0 Å². The van der Waals surface area contributed by atoms with Gasteiger partial charge in [-0.3, -0.25) is 9.59 Å². The van der Waals surface area contributed by atoms with Crippen LogP contribution in [0, 0.1) is 12.7 Å². The zero-order chi connectivity index (χ0) is 18.7. The van der Waals surface area contributed by atoms with Gasteiger partial charge in [0.25, 0.3) is 11.8 Å². The first-order valence-electron chi connectivity index (χ1n) is 7.53. The van der Waals surface area contributed by atoms with E-state index in [1.807, 2.05) is 0 Å². The van der Waals surface area contributed by atoms with Gasteiger partial charge in [0, 0.05) is 23.0 Å². The van der Waals surface area contributed by atoms with Crippen LogP contribution in [0.2, 0.25) is 5.02 Å². The van der Waals surface area contributed by atoms with E-state index >= 15 is 0 Å². The Balaban J connectivity index is 1.72. The molecule has 1 aromatic heterocycles. The number of amides is 2. The molecule has 3 aromatic rings. The van der Waals surface area contributed by atoms with E-state index in [0.717, 1.165) is 6.07 Å². The summed E-state index contributed by atoms with van der Waals surface area (Å²) in [4.78, 5) is 24.4. The summed E-state index contributed by atoms with van der Waals surface area (Å²) in [7, 11) is 0. The number of nitrogens with zero attached hydrogens (tertiary/aromatic N) is 1. The molecule has 26 heavy (non-hydrogen) atoms. The normalized spacial score (nSPS) is 10.4. The highest BCUT2D eigenvalue weighted by molar-refractivity contribution is 6.31. The minimum Gasteiger partial charge on any atom is -0.351 e. The Bertz CT molecular complexity index is 987. The molecule has 0 aliphatic rings. The van der Waals surface area contributed by atoms with Crippen LogP contribution in [0.25, 0.3) is 0 Å². The summed E-state index contributed by atoms with van der Waals surface area (Å²) in [6, 6.07) is 11.7. The molecule has 132 valence electrons. The maximum Gasteiger partial charge on any atom is 0.294 e. The topological polar surface area (TPSA) is 84.2 Å². The van der Waals surface area contributed by atoms with Gasteiger partial charge in [-0.1, -0.05) is 22.8 Å². The molecule has 0 saturated carbocycles. The van der Waals surface area contributed by atoms with Crippen LogP contribution >= 0.6 is 11.6 Å². The number of anilines is 2. The van der Waals surface area contributed by atoms with Gasteiger partial charge < -0.3 is 15.2 Å². The van der Waals surface area contributed by atoms with Gasteiger partial charge >= 0.3 is 0 Å². The van der Waals surface area contributed by atoms with Crippen LogP contribution < -0.4 is 10.6 Å². The van der Waals surface area contributed by atoms with Gasteiger partial charge in [0.2, 0.25) is 5.76 Å². The molecule has 0 aliphatic carbocycles. The lowest BCUT2D eigenvalue weighted by Gasteiger charge is -2.08. The lowest BCUT2D eigenvalue weighted by atomic mass is 10.1. The minimum atomic E-state index is -0.572. The smallest absolute Gasteiger partial charge is 0.294 e. The summed E-state index contributed by atoms with van der Waals surface area (Å²) in [5.74, 6) is -1.41. The van der Waals surface area contributed by atoms with E-state index in [1.165, 1.54) is 24.3 Å². The summed E-state index contributed by atoms with van der Waals surface area (Å²) >= 11 is 5.70. The molecule has 0 spiro atoms. The van der Waals surface area contributed by atoms with E-state index in [-0.39, 0.29) is 10.8 Å². The summed E-state index contributed by atoms with van der Waals surface area (Å²) in [6.45, 7) is 1.70. The molecule has 8 heteroatoms. The maximum atomic E-state index is 13.2. The van der Waals surface area contributed by atoms with E-state index in [0.29, 0.717) is 22.6 Å². The van der Waals surface area contributed by atoms with E-state index in [1.54, 1.807) is 25.1 Å². The number of nitrogens with one attached hydrogen (secondary N) is 2. The molecule has 0 radical (unpaired) electrons. The molecule has 0 fully saturated rings. The van der Waals surface area contributed by atoms with Crippen molar-refractivity contribution in [1.29, 1.82) is 0 Å². The Labute approximate surface area is 152 Å². The van der Waals surface area contributed by atoms with Crippen LogP contribution in [0.1, 0.15) is 26.6 Å². The molecule has 3 rings (SSSR count). The number of hydrogen-bond donors (Lipinski definition) is 2. The maximum absolute atomic E-state index is 13.2. The molecule has 0 saturated heterocycles. The van der Waals surface area contributed by atoms with E-state index in [2.05, 4.69) is 15.8 Å². The molecule has 0 aliphatic heterocycles. The fourth-order valence-electron chi connectivity index (χ4n) is 2.18. The van der Waals surface area contributed by atoms with Gasteiger partial charge in [-0.2, -0.15) is 0 Å². The van der Waals surface area contributed by atoms with E-state index in [4.69, 9.17) is 16.1 Å². The average Bonchev–Trinajstić information content (AvgIpc) is 3.05. The van der Waals surface area contributed by atoms with Gasteiger partial charge in [-0.25, -0.2) is 4.39 Å². The third-order valence-corrected chi connectivity index (χ3v) is 3.70. The predicted octanol–water partition coefficient (Wildman–Crippen LogP) is 4.28. The average molecular weight is 374 g/mol. The standard InChI is InChI=1S/C18H13ClFN3O3/c1-10-7-16(26-23-10)18(25)22-12-4-2-3-11(8-12)17(24)21-13-5-6-15(20)14(19)9-13/h2-9H,1H3,(H,21,24)(H,22,25). The highest BCUT2D eigenvalue weighted by Gasteiger charge is 2.13. The lowest BCUT2D eigenvalue weighted by Crippen LogP contribution is -2.14. The van der Waals surface area contributed by atoms with E-state index in [9.17, 15) is 14.0 Å².